The first-order chi connectivity index (χ1) is 12.5. The van der Waals surface area contributed by atoms with Crippen LogP contribution in [0.1, 0.15) is 0 Å². The molecule has 0 radical (unpaired) electrons. The molecular formula is C18H20BrN3O3S. The number of halogens is 1. The number of hydrogen-bond acceptors (Lipinski definition) is 4. The number of nitrogens with one attached hydrogen (secondary N) is 1. The highest BCUT2D eigenvalue weighted by Crippen LogP contribution is 2.21. The number of amides is 1. The highest BCUT2D eigenvalue weighted by molar-refractivity contribution is 9.10. The number of anilines is 1. The Morgan fingerprint density at radius 1 is 0.962 bits per heavy atom. The van der Waals surface area contributed by atoms with Gasteiger partial charge in [-0.2, -0.15) is 4.31 Å². The predicted molar refractivity (Wildman–Crippen MR) is 104 cm³/mol. The summed E-state index contributed by atoms with van der Waals surface area (Å²) < 4.78 is 27.6. The summed E-state index contributed by atoms with van der Waals surface area (Å²) in [4.78, 5) is 14.4. The molecule has 138 valence electrons. The highest BCUT2D eigenvalue weighted by atomic mass is 79.9. The third-order valence-corrected chi connectivity index (χ3v) is 6.88. The Labute approximate surface area is 162 Å². The third kappa shape index (κ3) is 4.25. The second-order valence-corrected chi connectivity index (χ2v) is 8.72. The van der Waals surface area contributed by atoms with Crippen molar-refractivity contribution in [3.63, 3.8) is 0 Å². The molecule has 0 bridgehead atoms. The van der Waals surface area contributed by atoms with Crippen molar-refractivity contribution >= 4 is 37.5 Å². The Morgan fingerprint density at radius 3 is 2.23 bits per heavy atom. The maximum Gasteiger partial charge on any atom is 0.243 e. The van der Waals surface area contributed by atoms with Gasteiger partial charge in [0, 0.05) is 36.3 Å². The molecule has 1 aliphatic heterocycles. The number of hydrogen-bond donors (Lipinski definition) is 1. The molecule has 1 amide bonds. The first-order valence-electron chi connectivity index (χ1n) is 8.30. The fourth-order valence-corrected chi connectivity index (χ4v) is 4.67. The molecular weight excluding hydrogens is 418 g/mol. The summed E-state index contributed by atoms with van der Waals surface area (Å²) in [7, 11) is -3.50. The number of benzene rings is 2. The third-order valence-electron chi connectivity index (χ3n) is 4.28. The van der Waals surface area contributed by atoms with Crippen LogP contribution in [-0.2, 0) is 14.8 Å². The Balaban J connectivity index is 1.55. The largest absolute Gasteiger partial charge is 0.375 e. The molecule has 2 aromatic rings. The van der Waals surface area contributed by atoms with E-state index in [1.807, 2.05) is 24.3 Å². The van der Waals surface area contributed by atoms with Gasteiger partial charge in [0.25, 0.3) is 0 Å². The van der Waals surface area contributed by atoms with Gasteiger partial charge in [-0.25, -0.2) is 8.42 Å². The molecule has 0 saturated carbocycles. The van der Waals surface area contributed by atoms with E-state index in [9.17, 15) is 13.2 Å². The first kappa shape index (κ1) is 18.9. The van der Waals surface area contributed by atoms with Crippen LogP contribution in [0, 0.1) is 0 Å². The minimum absolute atomic E-state index is 0.0440. The Bertz CT molecular complexity index is 866. The second kappa shape index (κ2) is 8.20. The predicted octanol–water partition coefficient (Wildman–Crippen LogP) is 2.39. The average Bonchev–Trinajstić information content (AvgIpc) is 2.68. The van der Waals surface area contributed by atoms with Crippen LogP contribution in [0.5, 0.6) is 0 Å². The molecule has 1 N–H and O–H groups in total. The number of nitrogens with zero attached hydrogens (tertiary/aromatic N) is 2. The molecule has 26 heavy (non-hydrogen) atoms. The minimum atomic E-state index is -3.50. The van der Waals surface area contributed by atoms with E-state index in [1.54, 1.807) is 35.2 Å². The van der Waals surface area contributed by atoms with Crippen LogP contribution in [0.2, 0.25) is 0 Å². The van der Waals surface area contributed by atoms with Gasteiger partial charge in [0.15, 0.2) is 0 Å². The van der Waals surface area contributed by atoms with E-state index < -0.39 is 10.0 Å². The molecule has 0 atom stereocenters. The zero-order valence-electron chi connectivity index (χ0n) is 14.1. The van der Waals surface area contributed by atoms with Crippen molar-refractivity contribution in [2.75, 3.05) is 38.0 Å². The number of rotatable bonds is 5. The van der Waals surface area contributed by atoms with Crippen molar-refractivity contribution in [2.24, 2.45) is 0 Å². The zero-order chi connectivity index (χ0) is 18.6. The zero-order valence-corrected chi connectivity index (χ0v) is 16.5. The van der Waals surface area contributed by atoms with Crippen LogP contribution < -0.4 is 5.32 Å². The SMILES string of the molecule is O=C(CNc1ccccc1Br)N1CCN(S(=O)(=O)c2ccccc2)CC1. The lowest BCUT2D eigenvalue weighted by Crippen LogP contribution is -2.51. The Morgan fingerprint density at radius 2 is 1.58 bits per heavy atom. The molecule has 8 heteroatoms. The fourth-order valence-electron chi connectivity index (χ4n) is 2.81. The van der Waals surface area contributed by atoms with Crippen molar-refractivity contribution in [2.45, 2.75) is 4.90 Å². The topological polar surface area (TPSA) is 69.7 Å². The molecule has 0 aromatic heterocycles. The summed E-state index contributed by atoms with van der Waals surface area (Å²) in [6.45, 7) is 1.56. The molecule has 0 spiro atoms. The standard InChI is InChI=1S/C18H20BrN3O3S/c19-16-8-4-5-9-17(16)20-14-18(23)21-10-12-22(13-11-21)26(24,25)15-6-2-1-3-7-15/h1-9,20H,10-14H2. The van der Waals surface area contributed by atoms with Gasteiger partial charge >= 0.3 is 0 Å². The summed E-state index contributed by atoms with van der Waals surface area (Å²) in [6.07, 6.45) is 0. The van der Waals surface area contributed by atoms with E-state index in [4.69, 9.17) is 0 Å². The minimum Gasteiger partial charge on any atom is -0.375 e. The van der Waals surface area contributed by atoms with Crippen molar-refractivity contribution < 1.29 is 13.2 Å². The first-order valence-corrected chi connectivity index (χ1v) is 10.5. The highest BCUT2D eigenvalue weighted by Gasteiger charge is 2.29. The number of piperazine rings is 1. The quantitative estimate of drug-likeness (QED) is 0.779. The molecule has 1 fully saturated rings. The van der Waals surface area contributed by atoms with Crippen LogP contribution in [0.25, 0.3) is 0 Å². The van der Waals surface area contributed by atoms with Crippen LogP contribution in [0.15, 0.2) is 64.0 Å². The second-order valence-electron chi connectivity index (χ2n) is 5.93. The van der Waals surface area contributed by atoms with Crippen LogP contribution in [0.3, 0.4) is 0 Å². The van der Waals surface area contributed by atoms with Crippen molar-refractivity contribution in [1.82, 2.24) is 9.21 Å². The van der Waals surface area contributed by atoms with Gasteiger partial charge in [0.05, 0.1) is 11.4 Å². The average molecular weight is 438 g/mol. The van der Waals surface area contributed by atoms with Crippen molar-refractivity contribution in [3.8, 4) is 0 Å². The van der Waals surface area contributed by atoms with E-state index >= 15 is 0 Å². The maximum absolute atomic E-state index is 12.6. The van der Waals surface area contributed by atoms with Gasteiger partial charge in [-0.1, -0.05) is 30.3 Å². The molecule has 3 rings (SSSR count). The van der Waals surface area contributed by atoms with Crippen LogP contribution in [0.4, 0.5) is 5.69 Å². The lowest BCUT2D eigenvalue weighted by molar-refractivity contribution is -0.130. The van der Waals surface area contributed by atoms with Gasteiger partial charge in [0.2, 0.25) is 15.9 Å². The number of sulfonamides is 1. The smallest absolute Gasteiger partial charge is 0.243 e. The number of carbonyl (C=O) groups is 1. The molecule has 1 heterocycles. The summed E-state index contributed by atoms with van der Waals surface area (Å²) in [5.74, 6) is -0.0440. The van der Waals surface area contributed by atoms with Crippen molar-refractivity contribution in [3.05, 3.63) is 59.1 Å². The van der Waals surface area contributed by atoms with Crippen molar-refractivity contribution in [1.29, 1.82) is 0 Å². The van der Waals surface area contributed by atoms with Gasteiger partial charge in [0.1, 0.15) is 0 Å². The summed E-state index contributed by atoms with van der Waals surface area (Å²) >= 11 is 3.43. The van der Waals surface area contributed by atoms with Crippen LogP contribution in [-0.4, -0.2) is 56.3 Å². The normalized spacial score (nSPS) is 15.7. The maximum atomic E-state index is 12.6. The van der Waals surface area contributed by atoms with E-state index in [-0.39, 0.29) is 17.3 Å². The summed E-state index contributed by atoms with van der Waals surface area (Å²) in [5.41, 5.74) is 0.853. The molecule has 0 unspecified atom stereocenters. The Kier molecular flexibility index (Phi) is 5.95. The molecule has 6 nitrogen and oxygen atoms in total. The number of para-hydroxylation sites is 1. The van der Waals surface area contributed by atoms with E-state index in [2.05, 4.69) is 21.2 Å². The van der Waals surface area contributed by atoms with Gasteiger partial charge in [-0.15, -0.1) is 0 Å². The summed E-state index contributed by atoms with van der Waals surface area (Å²) in [5, 5.41) is 3.11. The molecule has 1 saturated heterocycles. The molecule has 2 aromatic carbocycles. The summed E-state index contributed by atoms with van der Waals surface area (Å²) in [6, 6.07) is 16.0. The van der Waals surface area contributed by atoms with E-state index in [0.29, 0.717) is 26.2 Å². The Hall–Kier alpha value is -1.90. The fraction of sp³-hybridized carbons (Fsp3) is 0.278. The van der Waals surface area contributed by atoms with Gasteiger partial charge in [-0.3, -0.25) is 4.79 Å². The molecule has 1 aliphatic rings. The van der Waals surface area contributed by atoms with Crippen LogP contribution >= 0.6 is 15.9 Å². The van der Waals surface area contributed by atoms with Gasteiger partial charge < -0.3 is 10.2 Å². The van der Waals surface area contributed by atoms with E-state index in [1.165, 1.54) is 4.31 Å². The van der Waals surface area contributed by atoms with Gasteiger partial charge in [-0.05, 0) is 40.2 Å². The lowest BCUT2D eigenvalue weighted by atomic mass is 10.3. The monoisotopic (exact) mass is 437 g/mol. The number of carbonyl (C=O) groups excluding carboxylic acids is 1. The van der Waals surface area contributed by atoms with E-state index in [0.717, 1.165) is 10.2 Å². The lowest BCUT2D eigenvalue weighted by Gasteiger charge is -2.34. The molecule has 0 aliphatic carbocycles.